The average molecular weight is 412 g/mol. The first-order valence-electron chi connectivity index (χ1n) is 10.1. The zero-order valence-electron chi connectivity index (χ0n) is 16.9. The summed E-state index contributed by atoms with van der Waals surface area (Å²) < 4.78 is 24.3. The van der Waals surface area contributed by atoms with Crippen molar-refractivity contribution < 1.29 is 23.5 Å². The highest BCUT2D eigenvalue weighted by Crippen LogP contribution is 2.45. The monoisotopic (exact) mass is 412 g/mol. The van der Waals surface area contributed by atoms with Crippen LogP contribution in [0.1, 0.15) is 23.2 Å². The topological polar surface area (TPSA) is 67.9 Å². The smallest absolute Gasteiger partial charge is 0.254 e. The van der Waals surface area contributed by atoms with Gasteiger partial charge in [-0.1, -0.05) is 12.1 Å². The van der Waals surface area contributed by atoms with E-state index in [2.05, 4.69) is 5.32 Å². The molecule has 6 nitrogen and oxygen atoms in total. The fourth-order valence-electron chi connectivity index (χ4n) is 4.50. The van der Waals surface area contributed by atoms with Gasteiger partial charge in [0.25, 0.3) is 5.91 Å². The van der Waals surface area contributed by atoms with Gasteiger partial charge < -0.3 is 19.7 Å². The molecule has 2 aliphatic rings. The molecule has 1 unspecified atom stereocenters. The number of hydrogen-bond acceptors (Lipinski definition) is 4. The summed E-state index contributed by atoms with van der Waals surface area (Å²) in [6.45, 7) is 1.93. The maximum absolute atomic E-state index is 13.5. The van der Waals surface area contributed by atoms with Gasteiger partial charge in [-0.05, 0) is 49.2 Å². The second-order valence-electron chi connectivity index (χ2n) is 7.94. The Labute approximate surface area is 175 Å². The minimum absolute atomic E-state index is 0.124. The fraction of sp³-hybridized carbons (Fsp3) is 0.391. The van der Waals surface area contributed by atoms with E-state index in [1.807, 2.05) is 0 Å². The molecule has 2 aromatic carbocycles. The van der Waals surface area contributed by atoms with Crippen molar-refractivity contribution in [3.05, 3.63) is 59.9 Å². The Morgan fingerprint density at radius 2 is 1.93 bits per heavy atom. The van der Waals surface area contributed by atoms with Crippen molar-refractivity contribution in [3.8, 4) is 5.75 Å². The van der Waals surface area contributed by atoms with Crippen molar-refractivity contribution in [2.45, 2.75) is 12.8 Å². The van der Waals surface area contributed by atoms with Crippen LogP contribution in [0.5, 0.6) is 5.75 Å². The summed E-state index contributed by atoms with van der Waals surface area (Å²) in [6, 6.07) is 12.9. The van der Waals surface area contributed by atoms with Gasteiger partial charge in [-0.25, -0.2) is 4.39 Å². The van der Waals surface area contributed by atoms with Crippen LogP contribution in [0.25, 0.3) is 0 Å². The first-order valence-corrected chi connectivity index (χ1v) is 10.1. The molecular weight excluding hydrogens is 387 g/mol. The van der Waals surface area contributed by atoms with E-state index in [9.17, 15) is 14.0 Å². The van der Waals surface area contributed by atoms with E-state index in [-0.39, 0.29) is 23.1 Å². The van der Waals surface area contributed by atoms with Crippen LogP contribution in [0.2, 0.25) is 0 Å². The van der Waals surface area contributed by atoms with E-state index in [1.54, 1.807) is 48.4 Å². The molecule has 0 aliphatic carbocycles. The molecule has 2 aromatic rings. The lowest BCUT2D eigenvalue weighted by molar-refractivity contribution is -0.124. The molecule has 1 spiro atoms. The number of halogens is 1. The number of carbonyl (C=O) groups is 2. The minimum Gasteiger partial charge on any atom is -0.497 e. The summed E-state index contributed by atoms with van der Waals surface area (Å²) >= 11 is 0. The van der Waals surface area contributed by atoms with Crippen LogP contribution in [-0.4, -0.2) is 50.1 Å². The zero-order valence-corrected chi connectivity index (χ0v) is 16.9. The highest BCUT2D eigenvalue weighted by atomic mass is 19.1. The van der Waals surface area contributed by atoms with Crippen molar-refractivity contribution in [2.75, 3.05) is 38.7 Å². The third-order valence-corrected chi connectivity index (χ3v) is 6.15. The molecule has 2 saturated heterocycles. The molecule has 158 valence electrons. The van der Waals surface area contributed by atoms with Gasteiger partial charge in [0.05, 0.1) is 13.0 Å². The van der Waals surface area contributed by atoms with Gasteiger partial charge in [-0.3, -0.25) is 9.59 Å². The molecule has 30 heavy (non-hydrogen) atoms. The van der Waals surface area contributed by atoms with Gasteiger partial charge in [0.15, 0.2) is 0 Å². The Bertz CT molecular complexity index is 942. The van der Waals surface area contributed by atoms with Gasteiger partial charge in [0.1, 0.15) is 11.6 Å². The number of carbonyl (C=O) groups excluding carboxylic acids is 2. The summed E-state index contributed by atoms with van der Waals surface area (Å²) in [4.78, 5) is 28.1. The van der Waals surface area contributed by atoms with Gasteiger partial charge in [0, 0.05) is 43.0 Å². The number of hydrogen-bond donors (Lipinski definition) is 1. The standard InChI is InChI=1S/C23H25FN2O4/c1-29-19-7-2-4-16(12-19)22(28)26-14-20(23(15-26)8-10-30-11-9-23)21(27)25-18-6-3-5-17(24)13-18/h2-7,12-13,20H,8-11,14-15H2,1H3,(H,25,27). The molecule has 1 N–H and O–H groups in total. The summed E-state index contributed by atoms with van der Waals surface area (Å²) in [5.41, 5.74) is 0.604. The number of likely N-dealkylation sites (tertiary alicyclic amines) is 1. The van der Waals surface area contributed by atoms with Gasteiger partial charge >= 0.3 is 0 Å². The third kappa shape index (κ3) is 4.03. The minimum atomic E-state index is -0.408. The normalized spacial score (nSPS) is 20.2. The summed E-state index contributed by atoms with van der Waals surface area (Å²) in [7, 11) is 1.56. The van der Waals surface area contributed by atoms with Crippen LogP contribution in [0.4, 0.5) is 10.1 Å². The zero-order chi connectivity index (χ0) is 21.1. The van der Waals surface area contributed by atoms with E-state index in [4.69, 9.17) is 9.47 Å². The predicted octanol–water partition coefficient (Wildman–Crippen LogP) is 3.34. The van der Waals surface area contributed by atoms with E-state index < -0.39 is 5.82 Å². The largest absolute Gasteiger partial charge is 0.497 e. The highest BCUT2D eigenvalue weighted by Gasteiger charge is 2.51. The summed E-state index contributed by atoms with van der Waals surface area (Å²) in [5.74, 6) is -0.500. The Kier molecular flexibility index (Phi) is 5.72. The van der Waals surface area contributed by atoms with Crippen molar-refractivity contribution in [3.63, 3.8) is 0 Å². The molecule has 2 aliphatic heterocycles. The van der Waals surface area contributed by atoms with E-state index in [0.29, 0.717) is 56.1 Å². The number of ether oxygens (including phenoxy) is 2. The molecule has 2 amide bonds. The second kappa shape index (κ2) is 8.44. The lowest BCUT2D eigenvalue weighted by atomic mass is 9.71. The number of benzene rings is 2. The number of nitrogens with one attached hydrogen (secondary N) is 1. The molecule has 1 atom stereocenters. The lowest BCUT2D eigenvalue weighted by Gasteiger charge is -2.37. The number of anilines is 1. The van der Waals surface area contributed by atoms with Gasteiger partial charge in [-0.2, -0.15) is 0 Å². The third-order valence-electron chi connectivity index (χ3n) is 6.15. The predicted molar refractivity (Wildman–Crippen MR) is 110 cm³/mol. The first kappa shape index (κ1) is 20.3. The van der Waals surface area contributed by atoms with E-state index >= 15 is 0 Å². The van der Waals surface area contributed by atoms with Crippen LogP contribution in [0.15, 0.2) is 48.5 Å². The number of methoxy groups -OCH3 is 1. The van der Waals surface area contributed by atoms with Crippen LogP contribution in [0.3, 0.4) is 0 Å². The van der Waals surface area contributed by atoms with Crippen LogP contribution >= 0.6 is 0 Å². The van der Waals surface area contributed by atoms with Crippen molar-refractivity contribution in [1.82, 2.24) is 4.90 Å². The van der Waals surface area contributed by atoms with Crippen molar-refractivity contribution in [2.24, 2.45) is 11.3 Å². The first-order chi connectivity index (χ1) is 14.5. The molecule has 2 fully saturated rings. The summed E-state index contributed by atoms with van der Waals surface area (Å²) in [5, 5.41) is 2.84. The Morgan fingerprint density at radius 3 is 2.67 bits per heavy atom. The maximum Gasteiger partial charge on any atom is 0.254 e. The average Bonchev–Trinajstić information content (AvgIpc) is 3.12. The molecule has 4 rings (SSSR count). The second-order valence-corrected chi connectivity index (χ2v) is 7.94. The number of amides is 2. The van der Waals surface area contributed by atoms with E-state index in [1.165, 1.54) is 12.1 Å². The van der Waals surface area contributed by atoms with Gasteiger partial charge in [-0.15, -0.1) is 0 Å². The highest BCUT2D eigenvalue weighted by molar-refractivity contribution is 5.97. The quantitative estimate of drug-likeness (QED) is 0.836. The Balaban J connectivity index is 1.57. The van der Waals surface area contributed by atoms with Crippen molar-refractivity contribution >= 4 is 17.5 Å². The maximum atomic E-state index is 13.5. The molecule has 0 bridgehead atoms. The molecule has 0 radical (unpaired) electrons. The van der Waals surface area contributed by atoms with Crippen LogP contribution < -0.4 is 10.1 Å². The summed E-state index contributed by atoms with van der Waals surface area (Å²) in [6.07, 6.45) is 1.41. The number of nitrogens with zero attached hydrogens (tertiary/aromatic N) is 1. The molecule has 2 heterocycles. The molecule has 7 heteroatoms. The lowest BCUT2D eigenvalue weighted by Crippen LogP contribution is -2.42. The van der Waals surface area contributed by atoms with Crippen LogP contribution in [0, 0.1) is 17.2 Å². The van der Waals surface area contributed by atoms with Crippen molar-refractivity contribution in [1.29, 1.82) is 0 Å². The van der Waals surface area contributed by atoms with Crippen LogP contribution in [-0.2, 0) is 9.53 Å². The van der Waals surface area contributed by atoms with Gasteiger partial charge in [0.2, 0.25) is 5.91 Å². The van der Waals surface area contributed by atoms with E-state index in [0.717, 1.165) is 0 Å². The molecular formula is C23H25FN2O4. The molecule has 0 saturated carbocycles. The molecule has 0 aromatic heterocycles. The SMILES string of the molecule is COc1cccc(C(=O)N2CC(C(=O)Nc3cccc(F)c3)C3(CCOCC3)C2)c1. The number of rotatable bonds is 4. The fourth-order valence-corrected chi connectivity index (χ4v) is 4.50. The Morgan fingerprint density at radius 1 is 1.17 bits per heavy atom. The Hall–Kier alpha value is -2.93.